The Morgan fingerprint density at radius 2 is 1.88 bits per heavy atom. The van der Waals surface area contributed by atoms with Crippen LogP contribution in [0.25, 0.3) is 11.4 Å². The topological polar surface area (TPSA) is 51.0 Å². The summed E-state index contributed by atoms with van der Waals surface area (Å²) in [7, 11) is 0. The largest absolute Gasteiger partial charge is 0.329 e. The molecule has 0 aliphatic carbocycles. The zero-order valence-corrected chi connectivity index (χ0v) is 14.1. The molecule has 1 aliphatic heterocycles. The summed E-state index contributed by atoms with van der Waals surface area (Å²) in [6.07, 6.45) is 0. The van der Waals surface area contributed by atoms with Gasteiger partial charge in [-0.3, -0.25) is 9.36 Å². The molecule has 0 saturated carbocycles. The number of benzene rings is 2. The summed E-state index contributed by atoms with van der Waals surface area (Å²) in [5.41, 5.74) is 1.15. The molecule has 0 saturated heterocycles. The molecule has 1 aromatic heterocycles. The number of carbonyl (C=O) groups excluding carboxylic acids is 1. The minimum atomic E-state index is -0.730. The molecule has 3 aromatic rings. The molecule has 132 valence electrons. The second kappa shape index (κ2) is 6.33. The molecule has 2 aromatic carbocycles. The van der Waals surface area contributed by atoms with Crippen molar-refractivity contribution in [3.63, 3.8) is 0 Å². The highest BCUT2D eigenvalue weighted by atomic mass is 19.1. The number of fused-ring (bicyclic) bond motifs is 1. The molecule has 5 nitrogen and oxygen atoms in total. The molecular weight excluding hydrogens is 338 g/mol. The van der Waals surface area contributed by atoms with Gasteiger partial charge in [-0.2, -0.15) is 0 Å². The van der Waals surface area contributed by atoms with E-state index < -0.39 is 17.7 Å². The molecule has 1 amide bonds. The Bertz CT molecular complexity index is 971. The smallest absolute Gasteiger partial charge is 0.246 e. The third kappa shape index (κ3) is 2.75. The molecule has 0 N–H and O–H groups in total. The lowest BCUT2D eigenvalue weighted by Gasteiger charge is -2.32. The number of amides is 1. The summed E-state index contributed by atoms with van der Waals surface area (Å²) in [5, 5.41) is 8.19. The van der Waals surface area contributed by atoms with E-state index in [4.69, 9.17) is 0 Å². The monoisotopic (exact) mass is 354 g/mol. The molecule has 0 spiro atoms. The van der Waals surface area contributed by atoms with Crippen molar-refractivity contribution in [1.29, 1.82) is 0 Å². The minimum Gasteiger partial charge on any atom is -0.329 e. The van der Waals surface area contributed by atoms with Crippen LogP contribution in [-0.4, -0.2) is 25.6 Å². The minimum absolute atomic E-state index is 0.0927. The van der Waals surface area contributed by atoms with E-state index in [0.29, 0.717) is 12.4 Å². The molecule has 0 bridgehead atoms. The van der Waals surface area contributed by atoms with Crippen LogP contribution in [-0.2, 0) is 17.9 Å². The van der Waals surface area contributed by atoms with E-state index in [0.717, 1.165) is 17.7 Å². The van der Waals surface area contributed by atoms with Crippen molar-refractivity contribution in [1.82, 2.24) is 19.7 Å². The van der Waals surface area contributed by atoms with E-state index >= 15 is 0 Å². The molecular formula is C19H16F2N4O. The van der Waals surface area contributed by atoms with Crippen molar-refractivity contribution >= 4 is 5.91 Å². The second-order valence-electron chi connectivity index (χ2n) is 6.29. The summed E-state index contributed by atoms with van der Waals surface area (Å²) < 4.78 is 29.0. The van der Waals surface area contributed by atoms with Gasteiger partial charge in [0.2, 0.25) is 5.91 Å². The van der Waals surface area contributed by atoms with Gasteiger partial charge in [-0.15, -0.1) is 10.2 Å². The Morgan fingerprint density at radius 1 is 1.12 bits per heavy atom. The fourth-order valence-electron chi connectivity index (χ4n) is 3.25. The normalized spacial score (nSPS) is 16.7. The molecule has 26 heavy (non-hydrogen) atoms. The van der Waals surface area contributed by atoms with Crippen LogP contribution in [0, 0.1) is 11.6 Å². The summed E-state index contributed by atoms with van der Waals surface area (Å²) in [6.45, 7) is 2.49. The van der Waals surface area contributed by atoms with Crippen LogP contribution >= 0.6 is 0 Å². The van der Waals surface area contributed by atoms with Crippen LogP contribution < -0.4 is 0 Å². The van der Waals surface area contributed by atoms with E-state index in [1.54, 1.807) is 16.4 Å². The predicted molar refractivity (Wildman–Crippen MR) is 90.8 cm³/mol. The number of carbonyl (C=O) groups is 1. The maximum Gasteiger partial charge on any atom is 0.246 e. The Kier molecular flexibility index (Phi) is 3.99. The Hall–Kier alpha value is -3.09. The molecule has 1 aliphatic rings. The van der Waals surface area contributed by atoms with Crippen molar-refractivity contribution in [3.8, 4) is 11.4 Å². The summed E-state index contributed by atoms with van der Waals surface area (Å²) in [4.78, 5) is 14.5. The molecule has 0 radical (unpaired) electrons. The number of rotatable bonds is 3. The second-order valence-corrected chi connectivity index (χ2v) is 6.29. The van der Waals surface area contributed by atoms with E-state index in [1.807, 2.05) is 30.3 Å². The summed E-state index contributed by atoms with van der Waals surface area (Å²) in [5.74, 6) is -0.677. The highest BCUT2D eigenvalue weighted by Gasteiger charge is 2.34. The van der Waals surface area contributed by atoms with Crippen molar-refractivity contribution in [2.75, 3.05) is 0 Å². The highest BCUT2D eigenvalue weighted by molar-refractivity contribution is 5.82. The lowest BCUT2D eigenvalue weighted by atomic mass is 10.1. The average Bonchev–Trinajstić information content (AvgIpc) is 3.04. The van der Waals surface area contributed by atoms with Gasteiger partial charge in [0.05, 0.1) is 12.1 Å². The number of hydrogen-bond donors (Lipinski definition) is 0. The molecule has 0 unspecified atom stereocenters. The van der Waals surface area contributed by atoms with Crippen molar-refractivity contribution in [3.05, 3.63) is 71.6 Å². The molecule has 2 heterocycles. The first-order valence-corrected chi connectivity index (χ1v) is 8.26. The van der Waals surface area contributed by atoms with Gasteiger partial charge >= 0.3 is 0 Å². The maximum absolute atomic E-state index is 14.2. The highest BCUT2D eigenvalue weighted by Crippen LogP contribution is 2.30. The summed E-state index contributed by atoms with van der Waals surface area (Å²) in [6, 6.07) is 12.4. The standard InChI is InChI=1S/C19H16F2N4O/c1-12-19(26)24(10-13-5-3-2-4-6-13)11-17-22-23-18(25(12)17)15-8-7-14(20)9-16(15)21/h2-9,12H,10-11H2,1H3/t12-/m0/s1. The number of halogens is 2. The average molecular weight is 354 g/mol. The van der Waals surface area contributed by atoms with Gasteiger partial charge in [-0.1, -0.05) is 30.3 Å². The van der Waals surface area contributed by atoms with Crippen LogP contribution in [0.5, 0.6) is 0 Å². The molecule has 4 rings (SSSR count). The lowest BCUT2D eigenvalue weighted by molar-refractivity contribution is -0.137. The molecule has 1 atom stereocenters. The van der Waals surface area contributed by atoms with Gasteiger partial charge in [-0.05, 0) is 24.6 Å². The Labute approximate surface area is 148 Å². The fourth-order valence-corrected chi connectivity index (χ4v) is 3.25. The Morgan fingerprint density at radius 3 is 2.62 bits per heavy atom. The van der Waals surface area contributed by atoms with E-state index in [2.05, 4.69) is 10.2 Å². The van der Waals surface area contributed by atoms with Gasteiger partial charge < -0.3 is 4.90 Å². The van der Waals surface area contributed by atoms with Crippen molar-refractivity contribution in [2.24, 2.45) is 0 Å². The quantitative estimate of drug-likeness (QED) is 0.725. The van der Waals surface area contributed by atoms with Gasteiger partial charge in [0.1, 0.15) is 17.7 Å². The lowest BCUT2D eigenvalue weighted by Crippen LogP contribution is -2.41. The molecule has 0 fully saturated rings. The van der Waals surface area contributed by atoms with Crippen molar-refractivity contribution < 1.29 is 13.6 Å². The Balaban J connectivity index is 1.69. The number of nitrogens with zero attached hydrogens (tertiary/aromatic N) is 4. The third-order valence-corrected chi connectivity index (χ3v) is 4.54. The van der Waals surface area contributed by atoms with Crippen LogP contribution in [0.2, 0.25) is 0 Å². The maximum atomic E-state index is 14.2. The fraction of sp³-hybridized carbons (Fsp3) is 0.211. The van der Waals surface area contributed by atoms with Crippen molar-refractivity contribution in [2.45, 2.75) is 26.1 Å². The zero-order valence-electron chi connectivity index (χ0n) is 14.1. The van der Waals surface area contributed by atoms with E-state index in [-0.39, 0.29) is 23.8 Å². The van der Waals surface area contributed by atoms with Gasteiger partial charge in [-0.25, -0.2) is 8.78 Å². The van der Waals surface area contributed by atoms with Crippen LogP contribution in [0.4, 0.5) is 8.78 Å². The predicted octanol–water partition coefficient (Wildman–Crippen LogP) is 3.33. The third-order valence-electron chi connectivity index (χ3n) is 4.54. The van der Waals surface area contributed by atoms with Gasteiger partial charge in [0.25, 0.3) is 0 Å². The SMILES string of the molecule is C[C@H]1C(=O)N(Cc2ccccc2)Cc2nnc(-c3ccc(F)cc3F)n21. The van der Waals surface area contributed by atoms with Crippen LogP contribution in [0.1, 0.15) is 24.4 Å². The van der Waals surface area contributed by atoms with Gasteiger partial charge in [0.15, 0.2) is 11.6 Å². The zero-order chi connectivity index (χ0) is 18.3. The first-order valence-electron chi connectivity index (χ1n) is 8.26. The van der Waals surface area contributed by atoms with Gasteiger partial charge in [0, 0.05) is 12.6 Å². The van der Waals surface area contributed by atoms with Crippen LogP contribution in [0.3, 0.4) is 0 Å². The van der Waals surface area contributed by atoms with E-state index in [9.17, 15) is 13.6 Å². The molecule has 7 heteroatoms. The summed E-state index contributed by atoms with van der Waals surface area (Å²) >= 11 is 0. The number of aromatic nitrogens is 3. The van der Waals surface area contributed by atoms with Crippen LogP contribution in [0.15, 0.2) is 48.5 Å². The number of hydrogen-bond acceptors (Lipinski definition) is 3. The first-order chi connectivity index (χ1) is 12.5. The van der Waals surface area contributed by atoms with E-state index in [1.165, 1.54) is 6.07 Å². The first kappa shape index (κ1) is 16.4.